The first-order chi connectivity index (χ1) is 8.48. The van der Waals surface area contributed by atoms with Crippen LogP contribution in [0.1, 0.15) is 26.2 Å². The number of azide groups is 1. The number of sulfone groups is 1. The van der Waals surface area contributed by atoms with Crippen LogP contribution in [0.5, 0.6) is 0 Å². The third-order valence-corrected chi connectivity index (χ3v) is 4.73. The van der Waals surface area contributed by atoms with Crippen LogP contribution in [0, 0.1) is 0 Å². The molecular formula is C11H16N4O2S. The van der Waals surface area contributed by atoms with Crippen molar-refractivity contribution in [1.82, 2.24) is 0 Å². The summed E-state index contributed by atoms with van der Waals surface area (Å²) in [5.74, 6) is 0. The fourth-order valence-electron chi connectivity index (χ4n) is 1.55. The fourth-order valence-corrected chi connectivity index (χ4v) is 3.03. The van der Waals surface area contributed by atoms with E-state index in [0.29, 0.717) is 6.42 Å². The molecule has 0 fully saturated rings. The minimum Gasteiger partial charge on any atom is -0.307 e. The molecule has 0 aliphatic rings. The van der Waals surface area contributed by atoms with Gasteiger partial charge in [0, 0.05) is 4.91 Å². The molecule has 2 N–H and O–H groups in total. The highest BCUT2D eigenvalue weighted by Gasteiger charge is 2.39. The summed E-state index contributed by atoms with van der Waals surface area (Å²) in [6, 6.07) is 7.79. The molecule has 0 aromatic heterocycles. The summed E-state index contributed by atoms with van der Waals surface area (Å²) >= 11 is 0. The molecule has 0 bridgehead atoms. The average Bonchev–Trinajstić information content (AvgIpc) is 2.37. The molecule has 0 spiro atoms. The molecule has 0 aliphatic heterocycles. The fraction of sp³-hybridized carbons (Fsp3) is 0.455. The smallest absolute Gasteiger partial charge is 0.202 e. The highest BCUT2D eigenvalue weighted by atomic mass is 32.2. The van der Waals surface area contributed by atoms with Gasteiger partial charge in [0.15, 0.2) is 0 Å². The van der Waals surface area contributed by atoms with Crippen molar-refractivity contribution >= 4 is 9.84 Å². The standard InChI is InChI=1S/C11H16N4O2S/c1-2-3-9-11(12,14-15-13)18(16,17)10-7-5-4-6-8-10/h4-8H,2-3,9,12H2,1H3. The Morgan fingerprint density at radius 3 is 2.50 bits per heavy atom. The molecule has 7 heteroatoms. The lowest BCUT2D eigenvalue weighted by atomic mass is 10.2. The van der Waals surface area contributed by atoms with Crippen molar-refractivity contribution in [3.63, 3.8) is 0 Å². The van der Waals surface area contributed by atoms with Gasteiger partial charge in [-0.05, 0) is 24.1 Å². The van der Waals surface area contributed by atoms with Gasteiger partial charge in [-0.1, -0.05) is 43.1 Å². The lowest BCUT2D eigenvalue weighted by Gasteiger charge is -2.23. The third kappa shape index (κ3) is 2.81. The van der Waals surface area contributed by atoms with Gasteiger partial charge in [-0.15, -0.1) is 0 Å². The molecule has 1 aromatic carbocycles. The second-order valence-electron chi connectivity index (χ2n) is 3.95. The topological polar surface area (TPSA) is 109 Å². The molecule has 0 amide bonds. The van der Waals surface area contributed by atoms with E-state index in [9.17, 15) is 8.42 Å². The van der Waals surface area contributed by atoms with Gasteiger partial charge in [0.25, 0.3) is 0 Å². The first kappa shape index (κ1) is 14.5. The van der Waals surface area contributed by atoms with Crippen molar-refractivity contribution < 1.29 is 8.42 Å². The van der Waals surface area contributed by atoms with E-state index in [1.807, 2.05) is 6.92 Å². The maximum absolute atomic E-state index is 12.4. The molecule has 1 rings (SSSR count). The van der Waals surface area contributed by atoms with E-state index in [1.165, 1.54) is 12.1 Å². The van der Waals surface area contributed by atoms with E-state index < -0.39 is 14.8 Å². The monoisotopic (exact) mass is 268 g/mol. The number of hydrogen-bond donors (Lipinski definition) is 1. The van der Waals surface area contributed by atoms with Crippen LogP contribution in [0.2, 0.25) is 0 Å². The van der Waals surface area contributed by atoms with Crippen molar-refractivity contribution in [1.29, 1.82) is 0 Å². The van der Waals surface area contributed by atoms with E-state index in [4.69, 9.17) is 11.3 Å². The van der Waals surface area contributed by atoms with Gasteiger partial charge in [-0.3, -0.25) is 0 Å². The Hall–Kier alpha value is -1.56. The summed E-state index contributed by atoms with van der Waals surface area (Å²) in [4.78, 5) is 0.722. The molecular weight excluding hydrogens is 252 g/mol. The van der Waals surface area contributed by atoms with E-state index >= 15 is 0 Å². The number of benzene rings is 1. The van der Waals surface area contributed by atoms with Crippen LogP contribution in [0.15, 0.2) is 40.3 Å². The van der Waals surface area contributed by atoms with Crippen LogP contribution in [0.3, 0.4) is 0 Å². The number of rotatable bonds is 6. The summed E-state index contributed by atoms with van der Waals surface area (Å²) in [7, 11) is -3.88. The Morgan fingerprint density at radius 2 is 2.00 bits per heavy atom. The van der Waals surface area contributed by atoms with Gasteiger partial charge in [-0.2, -0.15) is 0 Å². The Labute approximate surface area is 106 Å². The second kappa shape index (κ2) is 5.86. The molecule has 18 heavy (non-hydrogen) atoms. The summed E-state index contributed by atoms with van der Waals surface area (Å²) in [5, 5.41) is 3.31. The predicted molar refractivity (Wildman–Crippen MR) is 69.2 cm³/mol. The molecule has 1 atom stereocenters. The first-order valence-corrected chi connectivity index (χ1v) is 7.11. The van der Waals surface area contributed by atoms with Crippen molar-refractivity contribution in [3.05, 3.63) is 40.8 Å². The number of nitrogens with zero attached hydrogens (tertiary/aromatic N) is 3. The summed E-state index contributed by atoms with van der Waals surface area (Å²) in [6.07, 6.45) is 1.44. The predicted octanol–water partition coefficient (Wildman–Crippen LogP) is 2.57. The molecule has 6 nitrogen and oxygen atoms in total. The van der Waals surface area contributed by atoms with Gasteiger partial charge in [0.1, 0.15) is 0 Å². The Kier molecular flexibility index (Phi) is 4.72. The van der Waals surface area contributed by atoms with Crippen LogP contribution in [0.4, 0.5) is 0 Å². The Morgan fingerprint density at radius 1 is 1.39 bits per heavy atom. The Balaban J connectivity index is 3.25. The summed E-state index contributed by atoms with van der Waals surface area (Å²) in [6.45, 7) is 1.91. The molecule has 1 aromatic rings. The zero-order chi connectivity index (χ0) is 13.6. The average molecular weight is 268 g/mol. The number of hydrogen-bond acceptors (Lipinski definition) is 4. The van der Waals surface area contributed by atoms with Gasteiger partial charge in [0.05, 0.1) is 4.90 Å². The van der Waals surface area contributed by atoms with Crippen molar-refractivity contribution in [2.75, 3.05) is 0 Å². The minimum absolute atomic E-state index is 0.0657. The number of nitrogens with two attached hydrogens (primary N) is 1. The van der Waals surface area contributed by atoms with Gasteiger partial charge >= 0.3 is 0 Å². The SMILES string of the molecule is CCCCC(N)(N=[N+]=[N-])S(=O)(=O)c1ccccc1. The molecule has 0 saturated heterocycles. The van der Waals surface area contributed by atoms with Crippen molar-refractivity contribution in [3.8, 4) is 0 Å². The molecule has 98 valence electrons. The van der Waals surface area contributed by atoms with Gasteiger partial charge in [-0.25, -0.2) is 8.42 Å². The summed E-state index contributed by atoms with van der Waals surface area (Å²) < 4.78 is 24.7. The van der Waals surface area contributed by atoms with E-state index in [1.54, 1.807) is 18.2 Å². The largest absolute Gasteiger partial charge is 0.307 e. The van der Waals surface area contributed by atoms with E-state index in [-0.39, 0.29) is 11.3 Å². The van der Waals surface area contributed by atoms with Gasteiger partial charge < -0.3 is 5.73 Å². The lowest BCUT2D eigenvalue weighted by molar-refractivity contribution is 0.483. The normalized spacial score (nSPS) is 14.6. The highest BCUT2D eigenvalue weighted by Crippen LogP contribution is 2.27. The maximum Gasteiger partial charge on any atom is 0.202 e. The van der Waals surface area contributed by atoms with Crippen molar-refractivity contribution in [2.45, 2.75) is 36.1 Å². The molecule has 0 radical (unpaired) electrons. The van der Waals surface area contributed by atoms with Gasteiger partial charge in [0.2, 0.25) is 14.8 Å². The molecule has 0 saturated carbocycles. The molecule has 0 aliphatic carbocycles. The quantitative estimate of drug-likeness (QED) is 0.486. The molecule has 0 heterocycles. The van der Waals surface area contributed by atoms with Crippen LogP contribution >= 0.6 is 0 Å². The maximum atomic E-state index is 12.4. The minimum atomic E-state index is -3.88. The zero-order valence-corrected chi connectivity index (χ0v) is 11.0. The van der Waals surface area contributed by atoms with Crippen LogP contribution in [-0.2, 0) is 9.84 Å². The highest BCUT2D eigenvalue weighted by molar-refractivity contribution is 7.92. The zero-order valence-electron chi connectivity index (χ0n) is 10.2. The first-order valence-electron chi connectivity index (χ1n) is 5.63. The second-order valence-corrected chi connectivity index (χ2v) is 6.14. The van der Waals surface area contributed by atoms with Crippen LogP contribution in [-0.4, -0.2) is 13.4 Å². The number of unbranched alkanes of at least 4 members (excludes halogenated alkanes) is 1. The van der Waals surface area contributed by atoms with Crippen molar-refractivity contribution in [2.24, 2.45) is 10.8 Å². The van der Waals surface area contributed by atoms with E-state index in [2.05, 4.69) is 10.0 Å². The van der Waals surface area contributed by atoms with E-state index in [0.717, 1.165) is 6.42 Å². The molecule has 1 unspecified atom stereocenters. The summed E-state index contributed by atoms with van der Waals surface area (Å²) in [5.41, 5.74) is 14.3. The lowest BCUT2D eigenvalue weighted by Crippen LogP contribution is -2.45. The Bertz CT molecular complexity index is 537. The third-order valence-electron chi connectivity index (χ3n) is 2.62. The van der Waals surface area contributed by atoms with Crippen LogP contribution in [0.25, 0.3) is 10.4 Å². The van der Waals surface area contributed by atoms with Crippen LogP contribution < -0.4 is 5.73 Å².